The Balaban J connectivity index is 1.97. The number of H-pyrrole nitrogens is 1. The number of nitrogen functional groups attached to an aromatic ring is 1. The summed E-state index contributed by atoms with van der Waals surface area (Å²) in [6.07, 6.45) is 1.96. The Morgan fingerprint density at radius 1 is 1.50 bits per heavy atom. The standard InChI is InChI=1S/C11H11FN4OS/c12-6-1-4-8(13)9(5-6)18-11-15-14-10(17)16(11)7-2-3-7/h1,4-5,7H,2-3,13H2,(H,14,17). The van der Waals surface area contributed by atoms with Crippen molar-refractivity contribution in [3.63, 3.8) is 0 Å². The highest BCUT2D eigenvalue weighted by molar-refractivity contribution is 7.99. The van der Waals surface area contributed by atoms with Crippen molar-refractivity contribution >= 4 is 17.4 Å². The predicted molar refractivity (Wildman–Crippen MR) is 66.1 cm³/mol. The summed E-state index contributed by atoms with van der Waals surface area (Å²) in [6.45, 7) is 0. The molecule has 0 aliphatic heterocycles. The lowest BCUT2D eigenvalue weighted by atomic mass is 10.3. The predicted octanol–water partition coefficient (Wildman–Crippen LogP) is 1.78. The molecule has 0 atom stereocenters. The highest BCUT2D eigenvalue weighted by Gasteiger charge is 2.28. The monoisotopic (exact) mass is 266 g/mol. The third-order valence-electron chi connectivity index (χ3n) is 2.76. The quantitative estimate of drug-likeness (QED) is 0.830. The number of rotatable bonds is 3. The van der Waals surface area contributed by atoms with E-state index in [2.05, 4.69) is 10.2 Å². The molecule has 0 spiro atoms. The van der Waals surface area contributed by atoms with E-state index in [0.717, 1.165) is 12.8 Å². The van der Waals surface area contributed by atoms with Crippen LogP contribution in [0, 0.1) is 5.82 Å². The van der Waals surface area contributed by atoms with Crippen molar-refractivity contribution in [3.05, 3.63) is 34.5 Å². The van der Waals surface area contributed by atoms with Crippen molar-refractivity contribution in [2.75, 3.05) is 5.73 Å². The summed E-state index contributed by atoms with van der Waals surface area (Å²) in [5, 5.41) is 6.90. The highest BCUT2D eigenvalue weighted by atomic mass is 32.2. The molecule has 1 aliphatic rings. The van der Waals surface area contributed by atoms with Crippen molar-refractivity contribution < 1.29 is 4.39 Å². The maximum absolute atomic E-state index is 13.2. The molecule has 0 radical (unpaired) electrons. The fourth-order valence-electron chi connectivity index (χ4n) is 1.71. The third-order valence-corrected chi connectivity index (χ3v) is 3.80. The van der Waals surface area contributed by atoms with Crippen molar-refractivity contribution in [3.8, 4) is 0 Å². The average Bonchev–Trinajstić information content (AvgIpc) is 3.10. The van der Waals surface area contributed by atoms with Gasteiger partial charge in [-0.15, -0.1) is 5.10 Å². The summed E-state index contributed by atoms with van der Waals surface area (Å²) in [5.74, 6) is -0.359. The normalized spacial score (nSPS) is 14.9. The van der Waals surface area contributed by atoms with Gasteiger partial charge in [-0.1, -0.05) is 0 Å². The molecule has 5 nitrogen and oxygen atoms in total. The second kappa shape index (κ2) is 4.16. The summed E-state index contributed by atoms with van der Waals surface area (Å²) >= 11 is 1.20. The van der Waals surface area contributed by atoms with Crippen molar-refractivity contribution in [1.82, 2.24) is 14.8 Å². The van der Waals surface area contributed by atoms with Crippen LogP contribution in [0.1, 0.15) is 18.9 Å². The van der Waals surface area contributed by atoms with Gasteiger partial charge >= 0.3 is 5.69 Å². The van der Waals surface area contributed by atoms with Gasteiger partial charge in [0.05, 0.1) is 0 Å². The lowest BCUT2D eigenvalue weighted by Crippen LogP contribution is -2.16. The van der Waals surface area contributed by atoms with E-state index in [0.29, 0.717) is 15.7 Å². The number of hydrogen-bond donors (Lipinski definition) is 2. The summed E-state index contributed by atoms with van der Waals surface area (Å²) in [6, 6.07) is 4.37. The molecule has 3 N–H and O–H groups in total. The van der Waals surface area contributed by atoms with Crippen molar-refractivity contribution in [2.24, 2.45) is 0 Å². The second-order valence-electron chi connectivity index (χ2n) is 4.20. The zero-order valence-corrected chi connectivity index (χ0v) is 10.2. The van der Waals surface area contributed by atoms with Crippen molar-refractivity contribution in [1.29, 1.82) is 0 Å². The van der Waals surface area contributed by atoms with Crippen LogP contribution in [-0.2, 0) is 0 Å². The minimum Gasteiger partial charge on any atom is -0.398 e. The minimum atomic E-state index is -0.359. The van der Waals surface area contributed by atoms with Crippen LogP contribution in [0.4, 0.5) is 10.1 Å². The number of hydrogen-bond acceptors (Lipinski definition) is 4. The number of nitrogens with one attached hydrogen (secondary N) is 1. The Morgan fingerprint density at radius 2 is 2.28 bits per heavy atom. The SMILES string of the molecule is Nc1ccc(F)cc1Sc1n[nH]c(=O)n1C1CC1. The van der Waals surface area contributed by atoms with Gasteiger partial charge < -0.3 is 5.73 Å². The minimum absolute atomic E-state index is 0.216. The summed E-state index contributed by atoms with van der Waals surface area (Å²) in [7, 11) is 0. The molecule has 1 saturated carbocycles. The van der Waals surface area contributed by atoms with Crippen LogP contribution < -0.4 is 11.4 Å². The molecule has 2 aromatic rings. The van der Waals surface area contributed by atoms with E-state index in [1.54, 1.807) is 4.57 Å². The van der Waals surface area contributed by atoms with E-state index in [9.17, 15) is 9.18 Å². The van der Waals surface area contributed by atoms with Gasteiger partial charge in [0.2, 0.25) is 0 Å². The maximum Gasteiger partial charge on any atom is 0.344 e. The number of anilines is 1. The van der Waals surface area contributed by atoms with Gasteiger partial charge in [-0.25, -0.2) is 14.3 Å². The highest BCUT2D eigenvalue weighted by Crippen LogP contribution is 2.38. The number of halogens is 1. The van der Waals surface area contributed by atoms with Crippen LogP contribution >= 0.6 is 11.8 Å². The molecule has 0 unspecified atom stereocenters. The molecule has 1 heterocycles. The molecule has 0 saturated heterocycles. The van der Waals surface area contributed by atoms with Gasteiger partial charge in [0, 0.05) is 16.6 Å². The zero-order chi connectivity index (χ0) is 12.7. The molecular weight excluding hydrogens is 255 g/mol. The lowest BCUT2D eigenvalue weighted by molar-refractivity contribution is 0.624. The van der Waals surface area contributed by atoms with E-state index in [4.69, 9.17) is 5.73 Å². The van der Waals surface area contributed by atoms with Gasteiger partial charge in [-0.3, -0.25) is 4.57 Å². The topological polar surface area (TPSA) is 76.7 Å². The zero-order valence-electron chi connectivity index (χ0n) is 9.39. The van der Waals surface area contributed by atoms with Crippen molar-refractivity contribution in [2.45, 2.75) is 28.9 Å². The molecule has 1 aromatic heterocycles. The number of benzene rings is 1. The van der Waals surface area contributed by atoms with Crippen LogP contribution in [0.15, 0.2) is 33.0 Å². The van der Waals surface area contributed by atoms with E-state index in [1.165, 1.54) is 30.0 Å². The number of aromatic nitrogens is 3. The van der Waals surface area contributed by atoms with Crippen LogP contribution in [0.5, 0.6) is 0 Å². The first kappa shape index (κ1) is 11.3. The Hall–Kier alpha value is -1.76. The summed E-state index contributed by atoms with van der Waals surface area (Å²) in [5.41, 5.74) is 6.02. The Bertz CT molecular complexity index is 647. The van der Waals surface area contributed by atoms with Gasteiger partial charge in [-0.2, -0.15) is 0 Å². The van der Waals surface area contributed by atoms with Gasteiger partial charge in [0.25, 0.3) is 0 Å². The fourth-order valence-corrected chi connectivity index (χ4v) is 2.69. The molecule has 0 amide bonds. The smallest absolute Gasteiger partial charge is 0.344 e. The van der Waals surface area contributed by atoms with Crippen LogP contribution in [0.2, 0.25) is 0 Å². The van der Waals surface area contributed by atoms with Crippen LogP contribution in [-0.4, -0.2) is 14.8 Å². The molecule has 1 fully saturated rings. The molecule has 0 bridgehead atoms. The Labute approximate surface area is 106 Å². The summed E-state index contributed by atoms with van der Waals surface area (Å²) < 4.78 is 14.8. The fraction of sp³-hybridized carbons (Fsp3) is 0.273. The van der Waals surface area contributed by atoms with Gasteiger partial charge in [0.1, 0.15) is 5.82 Å². The van der Waals surface area contributed by atoms with E-state index in [-0.39, 0.29) is 17.5 Å². The second-order valence-corrected chi connectivity index (χ2v) is 5.21. The van der Waals surface area contributed by atoms with Crippen LogP contribution in [0.25, 0.3) is 0 Å². The van der Waals surface area contributed by atoms with Gasteiger partial charge in [0.15, 0.2) is 5.16 Å². The van der Waals surface area contributed by atoms with E-state index < -0.39 is 0 Å². The molecule has 94 valence electrons. The van der Waals surface area contributed by atoms with E-state index >= 15 is 0 Å². The first-order chi connectivity index (χ1) is 8.65. The largest absolute Gasteiger partial charge is 0.398 e. The lowest BCUT2D eigenvalue weighted by Gasteiger charge is -2.05. The molecule has 1 aromatic carbocycles. The number of nitrogens with two attached hydrogens (primary N) is 1. The number of aromatic amines is 1. The first-order valence-electron chi connectivity index (χ1n) is 5.55. The Kier molecular flexibility index (Phi) is 2.62. The first-order valence-corrected chi connectivity index (χ1v) is 6.36. The molecule has 3 rings (SSSR count). The molecule has 1 aliphatic carbocycles. The molecule has 7 heteroatoms. The average molecular weight is 266 g/mol. The van der Waals surface area contributed by atoms with E-state index in [1.807, 2.05) is 0 Å². The van der Waals surface area contributed by atoms with Gasteiger partial charge in [-0.05, 0) is 42.8 Å². The Morgan fingerprint density at radius 3 is 3.00 bits per heavy atom. The maximum atomic E-state index is 13.2. The third kappa shape index (κ3) is 2.01. The van der Waals surface area contributed by atoms with Crippen LogP contribution in [0.3, 0.4) is 0 Å². The molecule has 18 heavy (non-hydrogen) atoms. The number of nitrogens with zero attached hydrogens (tertiary/aromatic N) is 2. The summed E-state index contributed by atoms with van der Waals surface area (Å²) in [4.78, 5) is 12.2. The molecular formula is C11H11FN4OS.